The Hall–Kier alpha value is -1.94. The van der Waals surface area contributed by atoms with Crippen LogP contribution in [0.15, 0.2) is 18.3 Å². The van der Waals surface area contributed by atoms with Gasteiger partial charge in [-0.15, -0.1) is 11.3 Å². The lowest BCUT2D eigenvalue weighted by Gasteiger charge is -2.35. The third-order valence-corrected chi connectivity index (χ3v) is 5.24. The number of hydrogen-bond donors (Lipinski definition) is 1. The fourth-order valence-corrected chi connectivity index (χ4v) is 3.81. The number of aromatic nitrogens is 2. The van der Waals surface area contributed by atoms with E-state index in [9.17, 15) is 5.11 Å². The Morgan fingerprint density at radius 3 is 2.62 bits per heavy atom. The second kappa shape index (κ2) is 7.75. The largest absolute Gasteiger partial charge is 0.378 e. The second-order valence-electron chi connectivity index (χ2n) is 7.26. The summed E-state index contributed by atoms with van der Waals surface area (Å²) in [7, 11) is 0. The molecule has 2 aromatic rings. The molecule has 0 radical (unpaired) electrons. The fraction of sp³-hybridized carbons (Fsp3) is 0.500. The van der Waals surface area contributed by atoms with Crippen LogP contribution in [0.5, 0.6) is 0 Å². The van der Waals surface area contributed by atoms with Gasteiger partial charge in [-0.1, -0.05) is 11.8 Å². The number of aryl methyl sites for hydroxylation is 2. The Balaban J connectivity index is 1.57. The Kier molecular flexibility index (Phi) is 5.61. The minimum Gasteiger partial charge on any atom is -0.378 e. The zero-order valence-corrected chi connectivity index (χ0v) is 16.7. The summed E-state index contributed by atoms with van der Waals surface area (Å²) in [6.45, 7) is 12.3. The van der Waals surface area contributed by atoms with E-state index in [1.54, 1.807) is 25.2 Å². The van der Waals surface area contributed by atoms with Gasteiger partial charge >= 0.3 is 0 Å². The fourth-order valence-electron chi connectivity index (χ4n) is 2.91. The van der Waals surface area contributed by atoms with Gasteiger partial charge in [-0.3, -0.25) is 9.88 Å². The molecule has 6 heteroatoms. The third kappa shape index (κ3) is 5.04. The first kappa shape index (κ1) is 18.8. The maximum absolute atomic E-state index is 9.71. The predicted molar refractivity (Wildman–Crippen MR) is 106 cm³/mol. The summed E-state index contributed by atoms with van der Waals surface area (Å²) in [4.78, 5) is 16.2. The number of nitrogens with zero attached hydrogens (tertiary/aromatic N) is 4. The third-order valence-electron chi connectivity index (χ3n) is 4.26. The van der Waals surface area contributed by atoms with E-state index < -0.39 is 5.60 Å². The van der Waals surface area contributed by atoms with E-state index in [-0.39, 0.29) is 0 Å². The molecule has 0 bridgehead atoms. The number of hydrogen-bond acceptors (Lipinski definition) is 6. The normalized spacial score (nSPS) is 15.7. The maximum Gasteiger partial charge on any atom is 0.150 e. The van der Waals surface area contributed by atoms with Gasteiger partial charge in [-0.05, 0) is 39.8 Å². The van der Waals surface area contributed by atoms with Gasteiger partial charge in [0.25, 0.3) is 0 Å². The highest BCUT2D eigenvalue weighted by molar-refractivity contribution is 7.12. The number of thiophene rings is 1. The van der Waals surface area contributed by atoms with Gasteiger partial charge in [0.2, 0.25) is 0 Å². The SMILES string of the molecule is Cc1cnc(C)c(N2CCN(Cc3ccc(C#CC(C)(C)O)s3)CC2)n1. The Morgan fingerprint density at radius 2 is 1.92 bits per heavy atom. The minimum atomic E-state index is -0.947. The molecular formula is C20H26N4OS. The van der Waals surface area contributed by atoms with Gasteiger partial charge < -0.3 is 10.0 Å². The summed E-state index contributed by atoms with van der Waals surface area (Å²) >= 11 is 1.71. The summed E-state index contributed by atoms with van der Waals surface area (Å²) in [5.41, 5.74) is 1.01. The topological polar surface area (TPSA) is 52.5 Å². The minimum absolute atomic E-state index is 0.946. The molecule has 1 fully saturated rings. The lowest BCUT2D eigenvalue weighted by atomic mass is 10.1. The van der Waals surface area contributed by atoms with Crippen molar-refractivity contribution in [2.45, 2.75) is 39.8 Å². The van der Waals surface area contributed by atoms with Crippen LogP contribution in [0.4, 0.5) is 5.82 Å². The average Bonchev–Trinajstić information content (AvgIpc) is 3.03. The molecule has 1 N–H and O–H groups in total. The molecule has 1 aliphatic heterocycles. The van der Waals surface area contributed by atoms with Gasteiger partial charge in [-0.25, -0.2) is 4.98 Å². The summed E-state index contributed by atoms with van der Waals surface area (Å²) < 4.78 is 0. The predicted octanol–water partition coefficient (Wildman–Crippen LogP) is 2.60. The van der Waals surface area contributed by atoms with Crippen molar-refractivity contribution in [2.24, 2.45) is 0 Å². The molecule has 26 heavy (non-hydrogen) atoms. The maximum atomic E-state index is 9.71. The van der Waals surface area contributed by atoms with Crippen molar-refractivity contribution in [1.29, 1.82) is 0 Å². The van der Waals surface area contributed by atoms with Gasteiger partial charge in [0.1, 0.15) is 11.4 Å². The van der Waals surface area contributed by atoms with Crippen LogP contribution >= 0.6 is 11.3 Å². The average molecular weight is 371 g/mol. The van der Waals surface area contributed by atoms with E-state index in [2.05, 4.69) is 37.7 Å². The number of piperazine rings is 1. The summed E-state index contributed by atoms with van der Waals surface area (Å²) in [5.74, 6) is 6.95. The van der Waals surface area contributed by atoms with Crippen molar-refractivity contribution in [3.63, 3.8) is 0 Å². The van der Waals surface area contributed by atoms with E-state index in [1.807, 2.05) is 26.1 Å². The van der Waals surface area contributed by atoms with Crippen molar-refractivity contribution in [3.8, 4) is 11.8 Å². The number of anilines is 1. The molecule has 0 saturated carbocycles. The molecule has 0 unspecified atom stereocenters. The molecule has 1 aliphatic rings. The number of rotatable bonds is 3. The van der Waals surface area contributed by atoms with Gasteiger partial charge in [0.15, 0.2) is 0 Å². The zero-order chi connectivity index (χ0) is 18.7. The van der Waals surface area contributed by atoms with Crippen molar-refractivity contribution in [1.82, 2.24) is 14.9 Å². The molecule has 0 aliphatic carbocycles. The first-order chi connectivity index (χ1) is 12.3. The quantitative estimate of drug-likeness (QED) is 0.842. The smallest absolute Gasteiger partial charge is 0.150 e. The molecule has 0 aromatic carbocycles. The molecule has 2 aromatic heterocycles. The van der Waals surface area contributed by atoms with E-state index in [0.29, 0.717) is 0 Å². The van der Waals surface area contributed by atoms with Crippen LogP contribution in [0, 0.1) is 25.7 Å². The van der Waals surface area contributed by atoms with E-state index in [0.717, 1.165) is 54.8 Å². The Labute approximate surface area is 159 Å². The summed E-state index contributed by atoms with van der Waals surface area (Å²) in [6.07, 6.45) is 1.82. The molecule has 3 rings (SSSR count). The van der Waals surface area contributed by atoms with Crippen LogP contribution < -0.4 is 4.90 Å². The lowest BCUT2D eigenvalue weighted by molar-refractivity contribution is 0.143. The van der Waals surface area contributed by atoms with E-state index in [4.69, 9.17) is 0 Å². The zero-order valence-electron chi connectivity index (χ0n) is 15.9. The summed E-state index contributed by atoms with van der Waals surface area (Å²) in [6, 6.07) is 4.18. The van der Waals surface area contributed by atoms with E-state index >= 15 is 0 Å². The highest BCUT2D eigenvalue weighted by Crippen LogP contribution is 2.21. The molecule has 1 saturated heterocycles. The van der Waals surface area contributed by atoms with Crippen molar-refractivity contribution in [3.05, 3.63) is 39.5 Å². The van der Waals surface area contributed by atoms with Crippen LogP contribution in [-0.2, 0) is 6.54 Å². The first-order valence-electron chi connectivity index (χ1n) is 8.92. The van der Waals surface area contributed by atoms with Crippen LogP contribution in [0.25, 0.3) is 0 Å². The van der Waals surface area contributed by atoms with Crippen LogP contribution in [0.3, 0.4) is 0 Å². The monoisotopic (exact) mass is 370 g/mol. The van der Waals surface area contributed by atoms with Crippen LogP contribution in [-0.4, -0.2) is 51.8 Å². The molecule has 0 atom stereocenters. The lowest BCUT2D eigenvalue weighted by Crippen LogP contribution is -2.46. The molecule has 0 spiro atoms. The second-order valence-corrected chi connectivity index (χ2v) is 8.43. The van der Waals surface area contributed by atoms with Crippen LogP contribution in [0.2, 0.25) is 0 Å². The van der Waals surface area contributed by atoms with Crippen LogP contribution in [0.1, 0.15) is 35.0 Å². The van der Waals surface area contributed by atoms with Gasteiger partial charge in [0, 0.05) is 43.8 Å². The summed E-state index contributed by atoms with van der Waals surface area (Å²) in [5, 5.41) is 9.71. The van der Waals surface area contributed by atoms with Crippen molar-refractivity contribution < 1.29 is 5.11 Å². The first-order valence-corrected chi connectivity index (χ1v) is 9.74. The van der Waals surface area contributed by atoms with Crippen molar-refractivity contribution >= 4 is 17.2 Å². The highest BCUT2D eigenvalue weighted by atomic mass is 32.1. The molecular weight excluding hydrogens is 344 g/mol. The number of aliphatic hydroxyl groups is 1. The molecule has 138 valence electrons. The molecule has 0 amide bonds. The molecule has 5 nitrogen and oxygen atoms in total. The Bertz CT molecular complexity index is 820. The van der Waals surface area contributed by atoms with Gasteiger partial charge in [-0.2, -0.15) is 0 Å². The van der Waals surface area contributed by atoms with E-state index in [1.165, 1.54) is 4.88 Å². The van der Waals surface area contributed by atoms with Crippen molar-refractivity contribution in [2.75, 3.05) is 31.1 Å². The highest BCUT2D eigenvalue weighted by Gasteiger charge is 2.20. The Morgan fingerprint density at radius 1 is 1.19 bits per heavy atom. The molecule has 3 heterocycles. The van der Waals surface area contributed by atoms with Gasteiger partial charge in [0.05, 0.1) is 16.3 Å². The standard InChI is InChI=1S/C20H26N4OS/c1-15-13-21-16(2)19(22-15)24-11-9-23(10-12-24)14-18-6-5-17(26-18)7-8-20(3,4)25/h5-6,13,25H,9-12,14H2,1-4H3.